The maximum Gasteiger partial charge on any atom is 0.0754 e. The van der Waals surface area contributed by atoms with Crippen LogP contribution in [0, 0.1) is 0 Å². The van der Waals surface area contributed by atoms with Gasteiger partial charge in [-0.05, 0) is 132 Å². The van der Waals surface area contributed by atoms with Crippen LogP contribution in [0.3, 0.4) is 0 Å². The minimum absolute atomic E-state index is 0.316. The molecule has 0 amide bonds. The van der Waals surface area contributed by atoms with Gasteiger partial charge in [-0.2, -0.15) is 0 Å². The standard InChI is InChI=1S/C65H47N3/c66-61(46-21-6-2-7-22-46)43-62(67-44-45-19-4-1-5-20-45)53-28-18-27-51(41-53)49-25-16-23-47(39-49)48-24-17-26-50(40-48)52-37-38-56-55-31-10-11-32-57(55)65(60(56)42-52)58-33-12-14-35-63(58)68(54-29-8-3-9-30-54)64-36-15-13-34-59(64)65/h1-44,61H,66H2/b62-43-,67-44?. The molecule has 1 atom stereocenters. The second-order valence-electron chi connectivity index (χ2n) is 17.7. The van der Waals surface area contributed by atoms with Gasteiger partial charge in [0.05, 0.1) is 28.5 Å². The highest BCUT2D eigenvalue weighted by molar-refractivity contribution is 5.97. The van der Waals surface area contributed by atoms with Crippen LogP contribution in [0.4, 0.5) is 17.1 Å². The van der Waals surface area contributed by atoms with E-state index in [0.29, 0.717) is 0 Å². The van der Waals surface area contributed by atoms with Crippen LogP contribution in [-0.2, 0) is 5.41 Å². The van der Waals surface area contributed by atoms with Gasteiger partial charge in [-0.15, -0.1) is 0 Å². The molecule has 1 aliphatic carbocycles. The molecule has 1 unspecified atom stereocenters. The van der Waals surface area contributed by atoms with Crippen molar-refractivity contribution in [2.24, 2.45) is 10.7 Å². The monoisotopic (exact) mass is 869 g/mol. The van der Waals surface area contributed by atoms with Crippen LogP contribution in [0.15, 0.2) is 266 Å². The van der Waals surface area contributed by atoms with Gasteiger partial charge in [-0.3, -0.25) is 4.99 Å². The Labute approximate surface area is 398 Å². The first-order valence-corrected chi connectivity index (χ1v) is 23.4. The summed E-state index contributed by atoms with van der Waals surface area (Å²) in [6.07, 6.45) is 3.97. The number of benzene rings is 10. The van der Waals surface area contributed by atoms with Gasteiger partial charge in [0.2, 0.25) is 0 Å². The van der Waals surface area contributed by atoms with Crippen LogP contribution in [-0.4, -0.2) is 6.21 Å². The fourth-order valence-electron chi connectivity index (χ4n) is 10.6. The van der Waals surface area contributed by atoms with Crippen LogP contribution in [0.25, 0.3) is 50.2 Å². The molecule has 3 nitrogen and oxygen atoms in total. The van der Waals surface area contributed by atoms with E-state index in [1.165, 1.54) is 55.9 Å². The maximum atomic E-state index is 6.78. The van der Waals surface area contributed by atoms with E-state index in [4.69, 9.17) is 10.7 Å². The van der Waals surface area contributed by atoms with Gasteiger partial charge in [0.1, 0.15) is 0 Å². The van der Waals surface area contributed by atoms with Crippen molar-refractivity contribution in [2.75, 3.05) is 4.90 Å². The lowest BCUT2D eigenvalue weighted by atomic mass is 9.64. The maximum absolute atomic E-state index is 6.78. The van der Waals surface area contributed by atoms with Crippen molar-refractivity contribution < 1.29 is 0 Å². The Balaban J connectivity index is 0.928. The largest absolute Gasteiger partial charge is 0.321 e. The van der Waals surface area contributed by atoms with E-state index in [2.05, 4.69) is 229 Å². The molecule has 10 aromatic carbocycles. The second kappa shape index (κ2) is 17.3. The summed E-state index contributed by atoms with van der Waals surface area (Å²) in [6, 6.07) is 91.5. The van der Waals surface area contributed by atoms with Crippen molar-refractivity contribution in [3.05, 3.63) is 300 Å². The Morgan fingerprint density at radius 3 is 1.53 bits per heavy atom. The van der Waals surface area contributed by atoms with Crippen molar-refractivity contribution in [1.29, 1.82) is 0 Å². The summed E-state index contributed by atoms with van der Waals surface area (Å²) in [7, 11) is 0. The average Bonchev–Trinajstić information content (AvgIpc) is 3.70. The Bertz CT molecular complexity index is 3490. The van der Waals surface area contributed by atoms with Gasteiger partial charge >= 0.3 is 0 Å². The third kappa shape index (κ3) is 7.09. The molecule has 1 heterocycles. The lowest BCUT2D eigenvalue weighted by molar-refractivity contribution is 0.753. The van der Waals surface area contributed by atoms with Crippen molar-refractivity contribution in [2.45, 2.75) is 11.5 Å². The quantitative estimate of drug-likeness (QED) is 0.147. The highest BCUT2D eigenvalue weighted by atomic mass is 15.2. The van der Waals surface area contributed by atoms with Crippen LogP contribution in [0.2, 0.25) is 0 Å². The SMILES string of the molecule is NC(/C=C(\N=Cc1ccccc1)c1cccc(-c2cccc(-c3cccc(-c4ccc5c(c4)C4(c6ccccc6-5)c5ccccc5N(c5ccccc5)c5ccccc54)c3)c2)c1)c1ccccc1. The summed E-state index contributed by atoms with van der Waals surface area (Å²) in [5, 5.41) is 0. The molecule has 2 N–H and O–H groups in total. The molecule has 2 aliphatic rings. The van der Waals surface area contributed by atoms with E-state index < -0.39 is 5.41 Å². The van der Waals surface area contributed by atoms with Crippen LogP contribution in [0.1, 0.15) is 45.0 Å². The molecular formula is C65H47N3. The van der Waals surface area contributed by atoms with Gasteiger partial charge in [0, 0.05) is 17.5 Å². The number of fused-ring (bicyclic) bond motifs is 9. The second-order valence-corrected chi connectivity index (χ2v) is 17.7. The topological polar surface area (TPSA) is 41.6 Å². The van der Waals surface area contributed by atoms with Crippen LogP contribution < -0.4 is 10.6 Å². The van der Waals surface area contributed by atoms with Crippen molar-refractivity contribution in [3.63, 3.8) is 0 Å². The summed E-state index contributed by atoms with van der Waals surface area (Å²) in [5.41, 5.74) is 28.4. The van der Waals surface area contributed by atoms with E-state index >= 15 is 0 Å². The summed E-state index contributed by atoms with van der Waals surface area (Å²) in [6.45, 7) is 0. The van der Waals surface area contributed by atoms with Gasteiger partial charge in [-0.1, -0.05) is 206 Å². The molecule has 0 aromatic heterocycles. The Morgan fingerprint density at radius 1 is 0.412 bits per heavy atom. The number of hydrogen-bond donors (Lipinski definition) is 1. The Morgan fingerprint density at radius 2 is 0.897 bits per heavy atom. The van der Waals surface area contributed by atoms with E-state index in [9.17, 15) is 0 Å². The predicted octanol–water partition coefficient (Wildman–Crippen LogP) is 16.0. The molecule has 1 aliphatic heterocycles. The summed E-state index contributed by atoms with van der Waals surface area (Å²) in [5.74, 6) is 0. The highest BCUT2D eigenvalue weighted by Crippen LogP contribution is 2.63. The van der Waals surface area contributed by atoms with E-state index in [1.54, 1.807) is 0 Å². The number of rotatable bonds is 9. The lowest BCUT2D eigenvalue weighted by Crippen LogP contribution is -2.36. The third-order valence-electron chi connectivity index (χ3n) is 13.7. The van der Waals surface area contributed by atoms with Gasteiger partial charge in [0.25, 0.3) is 0 Å². The average molecular weight is 870 g/mol. The zero-order valence-electron chi connectivity index (χ0n) is 37.5. The minimum Gasteiger partial charge on any atom is -0.321 e. The van der Waals surface area contributed by atoms with E-state index in [0.717, 1.165) is 50.3 Å². The van der Waals surface area contributed by atoms with Crippen LogP contribution >= 0.6 is 0 Å². The first-order chi connectivity index (χ1) is 33.6. The Kier molecular flexibility index (Phi) is 10.4. The summed E-state index contributed by atoms with van der Waals surface area (Å²) in [4.78, 5) is 7.46. The molecule has 0 radical (unpaired) electrons. The highest BCUT2D eigenvalue weighted by Gasteiger charge is 2.51. The molecular weight excluding hydrogens is 823 g/mol. The number of nitrogens with zero attached hydrogens (tertiary/aromatic N) is 2. The van der Waals surface area contributed by atoms with Crippen molar-refractivity contribution in [3.8, 4) is 44.5 Å². The summed E-state index contributed by atoms with van der Waals surface area (Å²) < 4.78 is 0. The van der Waals surface area contributed by atoms with E-state index in [1.807, 2.05) is 42.6 Å². The first kappa shape index (κ1) is 40.8. The molecule has 0 saturated heterocycles. The van der Waals surface area contributed by atoms with Crippen LogP contribution in [0.5, 0.6) is 0 Å². The lowest BCUT2D eigenvalue weighted by Gasteiger charge is -2.45. The third-order valence-corrected chi connectivity index (χ3v) is 13.7. The van der Waals surface area contributed by atoms with Crippen molar-refractivity contribution in [1.82, 2.24) is 0 Å². The first-order valence-electron chi connectivity index (χ1n) is 23.4. The molecule has 12 rings (SSSR count). The molecule has 68 heavy (non-hydrogen) atoms. The van der Waals surface area contributed by atoms with Gasteiger partial charge in [-0.25, -0.2) is 0 Å². The fraction of sp³-hybridized carbons (Fsp3) is 0.0308. The smallest absolute Gasteiger partial charge is 0.0754 e. The molecule has 3 heteroatoms. The number of anilines is 3. The molecule has 0 bridgehead atoms. The van der Waals surface area contributed by atoms with E-state index in [-0.39, 0.29) is 6.04 Å². The molecule has 10 aromatic rings. The predicted molar refractivity (Wildman–Crippen MR) is 284 cm³/mol. The Hall–Kier alpha value is -8.63. The molecule has 0 saturated carbocycles. The minimum atomic E-state index is -0.518. The molecule has 0 fully saturated rings. The summed E-state index contributed by atoms with van der Waals surface area (Å²) >= 11 is 0. The van der Waals surface area contributed by atoms with Crippen molar-refractivity contribution >= 4 is 29.0 Å². The fourth-order valence-corrected chi connectivity index (χ4v) is 10.6. The zero-order chi connectivity index (χ0) is 45.4. The number of nitrogens with two attached hydrogens (primary N) is 1. The number of hydrogen-bond acceptors (Lipinski definition) is 3. The van der Waals surface area contributed by atoms with Gasteiger partial charge in [0.15, 0.2) is 0 Å². The molecule has 1 spiro atoms. The number of para-hydroxylation sites is 3. The van der Waals surface area contributed by atoms with Gasteiger partial charge < -0.3 is 10.6 Å². The molecule has 322 valence electrons. The zero-order valence-corrected chi connectivity index (χ0v) is 37.5. The number of aliphatic imine (C=N–C) groups is 1. The normalized spacial score (nSPS) is 13.7.